The summed E-state index contributed by atoms with van der Waals surface area (Å²) in [7, 11) is 0. The number of hydrogen-bond acceptors (Lipinski definition) is 5. The normalized spacial score (nSPS) is 12.8. The van der Waals surface area contributed by atoms with Gasteiger partial charge in [-0.15, -0.1) is 0 Å². The standard InChI is InChI=1S/C54H103NO5/c1-3-5-7-9-11-13-15-16-23-27-30-34-38-42-46-52(57)51(50-56)55-53(58)47-43-39-35-31-28-24-21-19-17-18-20-22-25-29-33-37-41-45-49-60-54(59)48-44-40-36-32-26-14-12-10-8-6-4-2/h10,12,19,21,51-52,56-57H,3-9,11,13-18,20,22-50H2,1-2H3,(H,55,58)/b12-10-,21-19-. The van der Waals surface area contributed by atoms with E-state index in [0.29, 0.717) is 25.9 Å². The number of carbonyl (C=O) groups excluding carboxylic acids is 2. The van der Waals surface area contributed by atoms with E-state index in [2.05, 4.69) is 43.5 Å². The molecule has 0 fully saturated rings. The molecular formula is C54H103NO5. The van der Waals surface area contributed by atoms with Gasteiger partial charge in [0.05, 0.1) is 25.4 Å². The maximum atomic E-state index is 12.4. The van der Waals surface area contributed by atoms with Crippen molar-refractivity contribution in [2.24, 2.45) is 0 Å². The lowest BCUT2D eigenvalue weighted by Crippen LogP contribution is -2.45. The Bertz CT molecular complexity index is 935. The molecule has 6 nitrogen and oxygen atoms in total. The van der Waals surface area contributed by atoms with Crippen molar-refractivity contribution in [3.63, 3.8) is 0 Å². The summed E-state index contributed by atoms with van der Waals surface area (Å²) >= 11 is 0. The lowest BCUT2D eigenvalue weighted by Gasteiger charge is -2.22. The Morgan fingerprint density at radius 1 is 0.450 bits per heavy atom. The molecule has 0 spiro atoms. The maximum absolute atomic E-state index is 12.4. The van der Waals surface area contributed by atoms with Gasteiger partial charge < -0.3 is 20.3 Å². The Kier molecular flexibility index (Phi) is 48.6. The number of aliphatic hydroxyl groups is 2. The minimum atomic E-state index is -0.672. The minimum Gasteiger partial charge on any atom is -0.466 e. The van der Waals surface area contributed by atoms with Gasteiger partial charge in [-0.2, -0.15) is 0 Å². The second-order valence-electron chi connectivity index (χ2n) is 18.2. The monoisotopic (exact) mass is 846 g/mol. The van der Waals surface area contributed by atoms with Gasteiger partial charge in [0, 0.05) is 12.8 Å². The highest BCUT2D eigenvalue weighted by atomic mass is 16.5. The first-order valence-electron chi connectivity index (χ1n) is 26.6. The molecule has 0 radical (unpaired) electrons. The van der Waals surface area contributed by atoms with Crippen LogP contribution >= 0.6 is 0 Å². The van der Waals surface area contributed by atoms with Gasteiger partial charge in [-0.05, 0) is 70.6 Å². The van der Waals surface area contributed by atoms with E-state index in [1.807, 2.05) is 0 Å². The molecule has 0 aromatic heterocycles. The van der Waals surface area contributed by atoms with E-state index in [1.165, 1.54) is 193 Å². The number of rotatable bonds is 49. The van der Waals surface area contributed by atoms with Crippen LogP contribution in [0.15, 0.2) is 24.3 Å². The number of esters is 1. The van der Waals surface area contributed by atoms with Gasteiger partial charge in [0.1, 0.15) is 0 Å². The summed E-state index contributed by atoms with van der Waals surface area (Å²) in [4.78, 5) is 24.4. The van der Waals surface area contributed by atoms with Gasteiger partial charge in [-0.25, -0.2) is 0 Å². The molecule has 0 rings (SSSR count). The van der Waals surface area contributed by atoms with Crippen molar-refractivity contribution < 1.29 is 24.5 Å². The molecule has 3 N–H and O–H groups in total. The maximum Gasteiger partial charge on any atom is 0.305 e. The highest BCUT2D eigenvalue weighted by Gasteiger charge is 2.20. The molecule has 2 unspecified atom stereocenters. The number of allylic oxidation sites excluding steroid dienone is 4. The molecule has 2 atom stereocenters. The van der Waals surface area contributed by atoms with Gasteiger partial charge in [0.15, 0.2) is 0 Å². The number of ether oxygens (including phenoxy) is 1. The van der Waals surface area contributed by atoms with Crippen LogP contribution in [0.25, 0.3) is 0 Å². The predicted octanol–water partition coefficient (Wildman–Crippen LogP) is 15.9. The quantitative estimate of drug-likeness (QED) is 0.0322. The third-order valence-electron chi connectivity index (χ3n) is 12.2. The zero-order chi connectivity index (χ0) is 43.7. The van der Waals surface area contributed by atoms with Crippen LogP contribution < -0.4 is 5.32 Å². The Morgan fingerprint density at radius 2 is 0.800 bits per heavy atom. The van der Waals surface area contributed by atoms with Crippen molar-refractivity contribution in [1.82, 2.24) is 5.32 Å². The topological polar surface area (TPSA) is 95.9 Å². The lowest BCUT2D eigenvalue weighted by molar-refractivity contribution is -0.143. The number of aliphatic hydroxyl groups excluding tert-OH is 2. The zero-order valence-electron chi connectivity index (χ0n) is 40.2. The largest absolute Gasteiger partial charge is 0.466 e. The van der Waals surface area contributed by atoms with E-state index < -0.39 is 12.1 Å². The minimum absolute atomic E-state index is 0.00832. The smallest absolute Gasteiger partial charge is 0.305 e. The van der Waals surface area contributed by atoms with E-state index >= 15 is 0 Å². The van der Waals surface area contributed by atoms with Crippen LogP contribution in [0.3, 0.4) is 0 Å². The van der Waals surface area contributed by atoms with Crippen molar-refractivity contribution in [3.8, 4) is 0 Å². The van der Waals surface area contributed by atoms with E-state index in [4.69, 9.17) is 4.74 Å². The highest BCUT2D eigenvalue weighted by Crippen LogP contribution is 2.16. The molecule has 354 valence electrons. The van der Waals surface area contributed by atoms with Crippen molar-refractivity contribution in [2.45, 2.75) is 296 Å². The number of hydrogen-bond donors (Lipinski definition) is 3. The molecule has 0 bridgehead atoms. The SMILES string of the molecule is CCCC/C=C\CCCCCCCC(=O)OCCCCCCCCCCC/C=C\CCCCCCCC(=O)NC(CO)C(O)CCCCCCCCCCCCCCCC. The van der Waals surface area contributed by atoms with Crippen LogP contribution in [-0.2, 0) is 14.3 Å². The lowest BCUT2D eigenvalue weighted by atomic mass is 10.0. The summed E-state index contributed by atoms with van der Waals surface area (Å²) < 4.78 is 5.44. The fraction of sp³-hybridized carbons (Fsp3) is 0.889. The van der Waals surface area contributed by atoms with Crippen molar-refractivity contribution in [1.29, 1.82) is 0 Å². The van der Waals surface area contributed by atoms with Gasteiger partial charge in [-0.3, -0.25) is 9.59 Å². The van der Waals surface area contributed by atoms with Crippen LogP contribution in [0.2, 0.25) is 0 Å². The molecule has 60 heavy (non-hydrogen) atoms. The van der Waals surface area contributed by atoms with E-state index in [0.717, 1.165) is 57.8 Å². The van der Waals surface area contributed by atoms with Crippen LogP contribution in [0, 0.1) is 0 Å². The van der Waals surface area contributed by atoms with E-state index in [9.17, 15) is 19.8 Å². The number of carbonyl (C=O) groups is 2. The first-order chi connectivity index (χ1) is 29.5. The van der Waals surface area contributed by atoms with Crippen LogP contribution in [0.5, 0.6) is 0 Å². The summed E-state index contributed by atoms with van der Waals surface area (Å²) in [6, 6.07) is -0.551. The Hall–Kier alpha value is -1.66. The molecule has 0 saturated heterocycles. The summed E-state index contributed by atoms with van der Waals surface area (Å²) in [5, 5.41) is 23.2. The van der Waals surface area contributed by atoms with Crippen molar-refractivity contribution in [2.75, 3.05) is 13.2 Å². The van der Waals surface area contributed by atoms with Gasteiger partial charge in [-0.1, -0.05) is 224 Å². The van der Waals surface area contributed by atoms with Crippen LogP contribution in [0.1, 0.15) is 284 Å². The van der Waals surface area contributed by atoms with E-state index in [1.54, 1.807) is 0 Å². The Labute approximate surface area is 373 Å². The van der Waals surface area contributed by atoms with Crippen LogP contribution in [-0.4, -0.2) is 47.4 Å². The van der Waals surface area contributed by atoms with Crippen molar-refractivity contribution in [3.05, 3.63) is 24.3 Å². The fourth-order valence-electron chi connectivity index (χ4n) is 8.08. The molecule has 0 aliphatic heterocycles. The summed E-state index contributed by atoms with van der Waals surface area (Å²) in [6.07, 6.45) is 58.7. The first kappa shape index (κ1) is 58.3. The molecule has 1 amide bonds. The number of nitrogens with one attached hydrogen (secondary N) is 1. The molecule has 6 heteroatoms. The summed E-state index contributed by atoms with van der Waals surface area (Å²) in [5.74, 6) is -0.0575. The molecule has 0 aromatic carbocycles. The molecular weight excluding hydrogens is 743 g/mol. The second kappa shape index (κ2) is 50.0. The number of unbranched alkanes of at least 4 members (excludes halogenated alkanes) is 34. The highest BCUT2D eigenvalue weighted by molar-refractivity contribution is 5.76. The first-order valence-corrected chi connectivity index (χ1v) is 26.6. The molecule has 0 aliphatic carbocycles. The summed E-state index contributed by atoms with van der Waals surface area (Å²) in [5.41, 5.74) is 0. The predicted molar refractivity (Wildman–Crippen MR) is 260 cm³/mol. The molecule has 0 aliphatic rings. The average molecular weight is 846 g/mol. The van der Waals surface area contributed by atoms with E-state index in [-0.39, 0.29) is 18.5 Å². The Balaban J connectivity index is 3.46. The van der Waals surface area contributed by atoms with Crippen molar-refractivity contribution >= 4 is 11.9 Å². The van der Waals surface area contributed by atoms with Gasteiger partial charge in [0.25, 0.3) is 0 Å². The molecule has 0 aromatic rings. The zero-order valence-corrected chi connectivity index (χ0v) is 40.2. The van der Waals surface area contributed by atoms with Gasteiger partial charge >= 0.3 is 5.97 Å². The third kappa shape index (κ3) is 45.9. The Morgan fingerprint density at radius 3 is 1.23 bits per heavy atom. The second-order valence-corrected chi connectivity index (χ2v) is 18.2. The van der Waals surface area contributed by atoms with Gasteiger partial charge in [0.2, 0.25) is 5.91 Å². The average Bonchev–Trinajstić information content (AvgIpc) is 3.25. The molecule has 0 saturated carbocycles. The third-order valence-corrected chi connectivity index (χ3v) is 12.2. The fourth-order valence-corrected chi connectivity index (χ4v) is 8.08. The van der Waals surface area contributed by atoms with Crippen LogP contribution in [0.4, 0.5) is 0 Å². The number of amides is 1. The molecule has 0 heterocycles. The summed E-state index contributed by atoms with van der Waals surface area (Å²) in [6.45, 7) is 4.90.